The highest BCUT2D eigenvalue weighted by Gasteiger charge is 2.34. The topological polar surface area (TPSA) is 59.4 Å². The van der Waals surface area contributed by atoms with Crippen LogP contribution in [0, 0.1) is 0 Å². The van der Waals surface area contributed by atoms with Gasteiger partial charge in [0.25, 0.3) is 0 Å². The number of aromatic nitrogens is 2. The van der Waals surface area contributed by atoms with Crippen LogP contribution in [0.25, 0.3) is 0 Å². The van der Waals surface area contributed by atoms with E-state index in [4.69, 9.17) is 4.74 Å². The smallest absolute Gasteiger partial charge is 0.324 e. The second-order valence-electron chi connectivity index (χ2n) is 4.77. The van der Waals surface area contributed by atoms with Crippen LogP contribution in [0.15, 0.2) is 12.3 Å². The Kier molecular flexibility index (Phi) is 4.55. The first kappa shape index (κ1) is 14.0. The molecular weight excluding hydrogens is 244 g/mol. The van der Waals surface area contributed by atoms with Crippen molar-refractivity contribution in [3.63, 3.8) is 0 Å². The highest BCUT2D eigenvalue weighted by atomic mass is 16.5. The van der Waals surface area contributed by atoms with Gasteiger partial charge in [0.2, 0.25) is 0 Å². The van der Waals surface area contributed by atoms with Gasteiger partial charge in [-0.05, 0) is 19.9 Å². The van der Waals surface area contributed by atoms with Gasteiger partial charge in [0.05, 0.1) is 12.3 Å². The van der Waals surface area contributed by atoms with Crippen LogP contribution in [-0.2, 0) is 16.6 Å². The van der Waals surface area contributed by atoms with Gasteiger partial charge < -0.3 is 10.1 Å². The summed E-state index contributed by atoms with van der Waals surface area (Å²) in [7, 11) is 1.92. The zero-order valence-corrected chi connectivity index (χ0v) is 11.8. The maximum atomic E-state index is 12.0. The number of rotatable bonds is 4. The Morgan fingerprint density at radius 2 is 2.47 bits per heavy atom. The van der Waals surface area contributed by atoms with Gasteiger partial charge in [-0.15, -0.1) is 0 Å². The quantitative estimate of drug-likeness (QED) is 0.795. The van der Waals surface area contributed by atoms with Gasteiger partial charge in [-0.3, -0.25) is 14.4 Å². The molecule has 0 saturated carbocycles. The first-order valence-electron chi connectivity index (χ1n) is 6.76. The van der Waals surface area contributed by atoms with E-state index in [2.05, 4.69) is 22.2 Å². The van der Waals surface area contributed by atoms with E-state index in [1.54, 1.807) is 6.20 Å². The van der Waals surface area contributed by atoms with Crippen molar-refractivity contribution in [3.8, 4) is 0 Å². The van der Waals surface area contributed by atoms with Gasteiger partial charge in [-0.1, -0.05) is 0 Å². The van der Waals surface area contributed by atoms with E-state index in [1.807, 2.05) is 24.7 Å². The minimum absolute atomic E-state index is 0.143. The van der Waals surface area contributed by atoms with E-state index in [0.717, 1.165) is 18.8 Å². The monoisotopic (exact) mass is 266 g/mol. The lowest BCUT2D eigenvalue weighted by molar-refractivity contribution is -0.151. The number of nitrogens with one attached hydrogen (secondary N) is 1. The molecule has 1 aliphatic heterocycles. The Balaban J connectivity index is 2.15. The summed E-state index contributed by atoms with van der Waals surface area (Å²) in [4.78, 5) is 14.2. The van der Waals surface area contributed by atoms with Gasteiger partial charge in [-0.2, -0.15) is 5.10 Å². The van der Waals surface area contributed by atoms with E-state index in [1.165, 1.54) is 0 Å². The van der Waals surface area contributed by atoms with Crippen molar-refractivity contribution >= 4 is 5.97 Å². The number of carbonyl (C=O) groups excluding carboxylic acids is 1. The highest BCUT2D eigenvalue weighted by molar-refractivity contribution is 5.76. The Labute approximate surface area is 113 Å². The van der Waals surface area contributed by atoms with Crippen molar-refractivity contribution in [3.05, 3.63) is 18.0 Å². The average molecular weight is 266 g/mol. The van der Waals surface area contributed by atoms with Crippen molar-refractivity contribution in [2.45, 2.75) is 25.9 Å². The number of hydrogen-bond donors (Lipinski definition) is 1. The summed E-state index contributed by atoms with van der Waals surface area (Å²) < 4.78 is 7.02. The normalized spacial score (nSPS) is 22.2. The van der Waals surface area contributed by atoms with Crippen molar-refractivity contribution in [2.24, 2.45) is 7.05 Å². The molecule has 0 spiro atoms. The van der Waals surface area contributed by atoms with Crippen LogP contribution >= 0.6 is 0 Å². The Morgan fingerprint density at radius 1 is 1.68 bits per heavy atom. The molecule has 1 saturated heterocycles. The summed E-state index contributed by atoms with van der Waals surface area (Å²) in [6, 6.07) is 1.91. The van der Waals surface area contributed by atoms with E-state index in [9.17, 15) is 4.79 Å². The van der Waals surface area contributed by atoms with E-state index in [0.29, 0.717) is 13.2 Å². The molecule has 0 aromatic carbocycles. The predicted molar refractivity (Wildman–Crippen MR) is 71.6 cm³/mol. The fraction of sp³-hybridized carbons (Fsp3) is 0.692. The molecule has 1 aromatic heterocycles. The van der Waals surface area contributed by atoms with Crippen LogP contribution < -0.4 is 5.32 Å². The third-order valence-corrected chi connectivity index (χ3v) is 3.63. The molecule has 6 heteroatoms. The van der Waals surface area contributed by atoms with Crippen molar-refractivity contribution in [2.75, 3.05) is 26.2 Å². The van der Waals surface area contributed by atoms with Gasteiger partial charge in [0.15, 0.2) is 0 Å². The van der Waals surface area contributed by atoms with E-state index < -0.39 is 0 Å². The summed E-state index contributed by atoms with van der Waals surface area (Å²) in [5.74, 6) is -0.149. The number of esters is 1. The zero-order valence-electron chi connectivity index (χ0n) is 11.8. The van der Waals surface area contributed by atoms with Crippen LogP contribution in [0.3, 0.4) is 0 Å². The number of ether oxygens (including phenoxy) is 1. The molecule has 2 heterocycles. The molecule has 1 N–H and O–H groups in total. The predicted octanol–water partition coefficient (Wildman–Crippen LogP) is 0.318. The molecule has 106 valence electrons. The summed E-state index contributed by atoms with van der Waals surface area (Å²) in [6.07, 6.45) is 1.79. The molecule has 0 aliphatic carbocycles. The van der Waals surface area contributed by atoms with Gasteiger partial charge in [0, 0.05) is 38.9 Å². The fourth-order valence-electron chi connectivity index (χ4n) is 2.60. The number of carbonyl (C=O) groups is 1. The maximum Gasteiger partial charge on any atom is 0.324 e. The molecule has 0 radical (unpaired) electrons. The maximum absolute atomic E-state index is 12.0. The van der Waals surface area contributed by atoms with Crippen LogP contribution in [0.5, 0.6) is 0 Å². The number of hydrogen-bond acceptors (Lipinski definition) is 5. The lowest BCUT2D eigenvalue weighted by Gasteiger charge is -2.38. The van der Waals surface area contributed by atoms with Crippen LogP contribution in [0.2, 0.25) is 0 Å². The van der Waals surface area contributed by atoms with Gasteiger partial charge >= 0.3 is 5.97 Å². The molecule has 1 fully saturated rings. The molecule has 2 unspecified atom stereocenters. The second-order valence-corrected chi connectivity index (χ2v) is 4.77. The number of aryl methyl sites for hydroxylation is 1. The molecular formula is C13H22N4O2. The first-order valence-corrected chi connectivity index (χ1v) is 6.76. The largest absolute Gasteiger partial charge is 0.465 e. The summed E-state index contributed by atoms with van der Waals surface area (Å²) in [5.41, 5.74) is 1.11. The molecule has 2 atom stereocenters. The molecule has 0 amide bonds. The van der Waals surface area contributed by atoms with Crippen LogP contribution in [-0.4, -0.2) is 52.9 Å². The van der Waals surface area contributed by atoms with Crippen LogP contribution in [0.4, 0.5) is 0 Å². The van der Waals surface area contributed by atoms with Crippen molar-refractivity contribution in [1.29, 1.82) is 0 Å². The molecule has 0 bridgehead atoms. The number of nitrogens with zero attached hydrogens (tertiary/aromatic N) is 3. The summed E-state index contributed by atoms with van der Waals surface area (Å²) >= 11 is 0. The molecule has 19 heavy (non-hydrogen) atoms. The van der Waals surface area contributed by atoms with Crippen molar-refractivity contribution in [1.82, 2.24) is 20.0 Å². The molecule has 1 aliphatic rings. The third-order valence-electron chi connectivity index (χ3n) is 3.63. The van der Waals surface area contributed by atoms with Gasteiger partial charge in [-0.25, -0.2) is 0 Å². The second kappa shape index (κ2) is 6.16. The number of piperazine rings is 1. The Morgan fingerprint density at radius 3 is 3.11 bits per heavy atom. The van der Waals surface area contributed by atoms with Gasteiger partial charge in [0.1, 0.15) is 6.04 Å². The summed E-state index contributed by atoms with van der Waals surface area (Å²) in [5, 5.41) is 7.45. The summed E-state index contributed by atoms with van der Waals surface area (Å²) in [6.45, 7) is 6.72. The average Bonchev–Trinajstić information content (AvgIpc) is 2.84. The minimum Gasteiger partial charge on any atom is -0.465 e. The molecule has 2 rings (SSSR count). The lowest BCUT2D eigenvalue weighted by Crippen LogP contribution is -2.56. The van der Waals surface area contributed by atoms with E-state index >= 15 is 0 Å². The Bertz CT molecular complexity index is 432. The van der Waals surface area contributed by atoms with Crippen LogP contribution in [0.1, 0.15) is 25.6 Å². The lowest BCUT2D eigenvalue weighted by atomic mass is 10.1. The molecule has 6 nitrogen and oxygen atoms in total. The first-order chi connectivity index (χ1) is 9.15. The standard InChI is InChI=1S/C13H22N4O2/c1-4-19-13(18)12-9-14-7-8-17(12)10(2)11-5-6-15-16(11)3/h5-6,10,12,14H,4,7-9H2,1-3H3. The molecule has 1 aromatic rings. The van der Waals surface area contributed by atoms with Crippen molar-refractivity contribution < 1.29 is 9.53 Å². The minimum atomic E-state index is -0.224. The highest BCUT2D eigenvalue weighted by Crippen LogP contribution is 2.23. The fourth-order valence-corrected chi connectivity index (χ4v) is 2.60. The zero-order chi connectivity index (χ0) is 13.8. The SMILES string of the molecule is CCOC(=O)C1CNCCN1C(C)c1ccnn1C. The Hall–Kier alpha value is -1.40. The van der Waals surface area contributed by atoms with E-state index in [-0.39, 0.29) is 18.1 Å². The third kappa shape index (κ3) is 2.96.